The molecule has 0 aliphatic rings. The lowest BCUT2D eigenvalue weighted by Crippen LogP contribution is -2.32. The van der Waals surface area contributed by atoms with Gasteiger partial charge in [-0.05, 0) is 25.2 Å². The van der Waals surface area contributed by atoms with Crippen LogP contribution < -0.4 is 5.32 Å². The van der Waals surface area contributed by atoms with Gasteiger partial charge < -0.3 is 10.2 Å². The molecule has 0 atom stereocenters. The topological polar surface area (TPSA) is 32.3 Å². The van der Waals surface area contributed by atoms with E-state index in [0.29, 0.717) is 25.1 Å². The van der Waals surface area contributed by atoms with Gasteiger partial charge in [0, 0.05) is 36.1 Å². The van der Waals surface area contributed by atoms with Crippen LogP contribution >= 0.6 is 28.3 Å². The Hall–Kier alpha value is -0.910. The van der Waals surface area contributed by atoms with Crippen molar-refractivity contribution >= 4 is 34.2 Å². The third-order valence-electron chi connectivity index (χ3n) is 2.66. The normalized spacial score (nSPS) is 9.75. The van der Waals surface area contributed by atoms with Crippen LogP contribution in [0, 0.1) is 5.82 Å². The quantitative estimate of drug-likeness (QED) is 0.753. The lowest BCUT2D eigenvalue weighted by Gasteiger charge is -2.21. The fraction of sp³-hybridized carbons (Fsp3) is 0.357. The van der Waals surface area contributed by atoms with Gasteiger partial charge in [-0.15, -0.1) is 19.0 Å². The first kappa shape index (κ1) is 19.1. The Bertz CT molecular complexity index is 457. The third-order valence-corrected chi connectivity index (χ3v) is 3.15. The van der Waals surface area contributed by atoms with Crippen molar-refractivity contribution in [1.82, 2.24) is 10.2 Å². The van der Waals surface area contributed by atoms with E-state index in [0.717, 1.165) is 4.47 Å². The number of amides is 1. The minimum atomic E-state index is -0.307. The van der Waals surface area contributed by atoms with Crippen molar-refractivity contribution < 1.29 is 9.18 Å². The maximum absolute atomic E-state index is 13.7. The monoisotopic (exact) mass is 364 g/mol. The number of hydrogen-bond donors (Lipinski definition) is 1. The molecule has 1 rings (SSSR count). The minimum Gasteiger partial charge on any atom is -0.335 e. The van der Waals surface area contributed by atoms with Crippen LogP contribution in [-0.2, 0) is 11.3 Å². The molecule has 0 saturated heterocycles. The molecule has 0 aliphatic heterocycles. The smallest absolute Gasteiger partial charge is 0.224 e. The lowest BCUT2D eigenvalue weighted by molar-refractivity contribution is -0.131. The van der Waals surface area contributed by atoms with Crippen molar-refractivity contribution in [2.45, 2.75) is 13.0 Å². The summed E-state index contributed by atoms with van der Waals surface area (Å²) >= 11 is 3.30. The first-order valence-corrected chi connectivity index (χ1v) is 6.85. The summed E-state index contributed by atoms with van der Waals surface area (Å²) in [6.07, 6.45) is 2.03. The highest BCUT2D eigenvalue weighted by Crippen LogP contribution is 2.17. The first-order chi connectivity index (χ1) is 9.08. The van der Waals surface area contributed by atoms with E-state index in [9.17, 15) is 9.18 Å². The van der Waals surface area contributed by atoms with Crippen LogP contribution in [0.25, 0.3) is 0 Å². The van der Waals surface area contributed by atoms with E-state index in [1.165, 1.54) is 6.07 Å². The number of halogens is 3. The second-order valence-corrected chi connectivity index (χ2v) is 5.07. The highest BCUT2D eigenvalue weighted by atomic mass is 79.9. The molecule has 3 nitrogen and oxygen atoms in total. The van der Waals surface area contributed by atoms with Crippen molar-refractivity contribution in [3.05, 3.63) is 46.7 Å². The van der Waals surface area contributed by atoms with Gasteiger partial charge in [-0.25, -0.2) is 4.39 Å². The number of hydrogen-bond acceptors (Lipinski definition) is 2. The first-order valence-electron chi connectivity index (χ1n) is 6.05. The Kier molecular flexibility index (Phi) is 9.46. The van der Waals surface area contributed by atoms with Gasteiger partial charge in [-0.2, -0.15) is 0 Å². The fourth-order valence-corrected chi connectivity index (χ4v) is 2.08. The molecule has 0 spiro atoms. The predicted octanol–water partition coefficient (Wildman–Crippen LogP) is 3.13. The van der Waals surface area contributed by atoms with E-state index in [1.54, 1.807) is 30.2 Å². The molecular formula is C14H19BrClFN2O. The Balaban J connectivity index is 0.00000361. The van der Waals surface area contributed by atoms with Gasteiger partial charge in [-0.3, -0.25) is 4.79 Å². The molecule has 0 heterocycles. The third kappa shape index (κ3) is 6.03. The summed E-state index contributed by atoms with van der Waals surface area (Å²) in [5.74, 6) is -0.327. The summed E-state index contributed by atoms with van der Waals surface area (Å²) in [5.41, 5.74) is 0.494. The molecule has 0 aliphatic carbocycles. The van der Waals surface area contributed by atoms with Crippen molar-refractivity contribution in [2.24, 2.45) is 0 Å². The largest absolute Gasteiger partial charge is 0.335 e. The van der Waals surface area contributed by atoms with Crippen LogP contribution in [0.3, 0.4) is 0 Å². The van der Waals surface area contributed by atoms with E-state index in [2.05, 4.69) is 27.8 Å². The maximum atomic E-state index is 13.7. The summed E-state index contributed by atoms with van der Waals surface area (Å²) in [6.45, 7) is 4.90. The van der Waals surface area contributed by atoms with E-state index in [-0.39, 0.29) is 30.7 Å². The van der Waals surface area contributed by atoms with Crippen LogP contribution in [0.1, 0.15) is 12.0 Å². The molecule has 1 aromatic rings. The molecule has 0 aromatic heterocycles. The number of rotatable bonds is 7. The van der Waals surface area contributed by atoms with Gasteiger partial charge in [0.15, 0.2) is 0 Å². The number of nitrogens with zero attached hydrogens (tertiary/aromatic N) is 1. The van der Waals surface area contributed by atoms with Crippen molar-refractivity contribution in [1.29, 1.82) is 0 Å². The Morgan fingerprint density at radius 1 is 1.55 bits per heavy atom. The lowest BCUT2D eigenvalue weighted by atomic mass is 10.2. The number of carbonyl (C=O) groups excluding carboxylic acids is 1. The van der Waals surface area contributed by atoms with Gasteiger partial charge in [0.2, 0.25) is 5.91 Å². The second kappa shape index (κ2) is 9.91. The van der Waals surface area contributed by atoms with Crippen LogP contribution in [0.5, 0.6) is 0 Å². The van der Waals surface area contributed by atoms with E-state index in [4.69, 9.17) is 0 Å². The highest BCUT2D eigenvalue weighted by molar-refractivity contribution is 9.10. The van der Waals surface area contributed by atoms with E-state index in [1.807, 2.05) is 0 Å². The van der Waals surface area contributed by atoms with Crippen LogP contribution in [-0.4, -0.2) is 30.9 Å². The summed E-state index contributed by atoms with van der Waals surface area (Å²) in [5, 5.41) is 2.93. The number of benzene rings is 1. The van der Waals surface area contributed by atoms with E-state index < -0.39 is 0 Å². The van der Waals surface area contributed by atoms with Crippen LogP contribution in [0.2, 0.25) is 0 Å². The molecule has 1 N–H and O–H groups in total. The van der Waals surface area contributed by atoms with E-state index >= 15 is 0 Å². The van der Waals surface area contributed by atoms with Crippen LogP contribution in [0.4, 0.5) is 4.39 Å². The zero-order chi connectivity index (χ0) is 14.3. The summed E-state index contributed by atoms with van der Waals surface area (Å²) in [4.78, 5) is 13.6. The standard InChI is InChI=1S/C14H18BrFN2O.ClH/c1-3-8-18(14(19)6-7-17-2)10-11-9-12(15)4-5-13(11)16;/h3-5,9,17H,1,6-8,10H2,2H3;1H. The zero-order valence-electron chi connectivity index (χ0n) is 11.4. The average Bonchev–Trinajstić information content (AvgIpc) is 2.39. The summed E-state index contributed by atoms with van der Waals surface area (Å²) < 4.78 is 14.5. The molecule has 6 heteroatoms. The summed E-state index contributed by atoms with van der Waals surface area (Å²) in [7, 11) is 1.79. The Morgan fingerprint density at radius 3 is 2.85 bits per heavy atom. The average molecular weight is 366 g/mol. The molecule has 1 amide bonds. The maximum Gasteiger partial charge on any atom is 0.224 e. The molecule has 0 fully saturated rings. The number of carbonyl (C=O) groups is 1. The van der Waals surface area contributed by atoms with Gasteiger partial charge in [-0.1, -0.05) is 22.0 Å². The highest BCUT2D eigenvalue weighted by Gasteiger charge is 2.14. The molecule has 0 bridgehead atoms. The van der Waals surface area contributed by atoms with Crippen molar-refractivity contribution in [3.63, 3.8) is 0 Å². The minimum absolute atomic E-state index is 0. The zero-order valence-corrected chi connectivity index (χ0v) is 13.8. The van der Waals surface area contributed by atoms with Gasteiger partial charge in [0.05, 0.1) is 0 Å². The van der Waals surface area contributed by atoms with Crippen molar-refractivity contribution in [2.75, 3.05) is 20.1 Å². The summed E-state index contributed by atoms with van der Waals surface area (Å²) in [6, 6.07) is 4.72. The number of nitrogens with one attached hydrogen (secondary N) is 1. The molecule has 20 heavy (non-hydrogen) atoms. The molecule has 112 valence electrons. The fourth-order valence-electron chi connectivity index (χ4n) is 1.67. The van der Waals surface area contributed by atoms with Gasteiger partial charge >= 0.3 is 0 Å². The molecule has 0 radical (unpaired) electrons. The SMILES string of the molecule is C=CCN(Cc1cc(Br)ccc1F)C(=O)CCNC.Cl. The predicted molar refractivity (Wildman–Crippen MR) is 85.5 cm³/mol. The van der Waals surface area contributed by atoms with Crippen molar-refractivity contribution in [3.8, 4) is 0 Å². The Morgan fingerprint density at radius 2 is 2.25 bits per heavy atom. The molecular weight excluding hydrogens is 347 g/mol. The second-order valence-electron chi connectivity index (χ2n) is 4.15. The molecule has 0 saturated carbocycles. The Labute approximate surface area is 133 Å². The van der Waals surface area contributed by atoms with Gasteiger partial charge in [0.25, 0.3) is 0 Å². The molecule has 0 unspecified atom stereocenters. The van der Waals surface area contributed by atoms with Crippen LogP contribution in [0.15, 0.2) is 35.3 Å². The molecule has 1 aromatic carbocycles. The van der Waals surface area contributed by atoms with Gasteiger partial charge in [0.1, 0.15) is 5.82 Å².